The van der Waals surface area contributed by atoms with Gasteiger partial charge >= 0.3 is 0 Å². The molecule has 2 rings (SSSR count). The van der Waals surface area contributed by atoms with Gasteiger partial charge in [0.15, 0.2) is 0 Å². The molecule has 0 saturated carbocycles. The molecule has 2 atom stereocenters. The highest BCUT2D eigenvalue weighted by Gasteiger charge is 2.25. The summed E-state index contributed by atoms with van der Waals surface area (Å²) in [6.07, 6.45) is 4.85. The summed E-state index contributed by atoms with van der Waals surface area (Å²) < 4.78 is 5.17. The molecule has 2 aliphatic rings. The van der Waals surface area contributed by atoms with Crippen LogP contribution in [0.25, 0.3) is 0 Å². The fraction of sp³-hybridized carbons (Fsp3) is 0.846. The number of nitrogens with one attached hydrogen (secondary N) is 1. The molecule has 1 fully saturated rings. The van der Waals surface area contributed by atoms with E-state index in [0.29, 0.717) is 6.04 Å². The number of nitrogens with zero attached hydrogens (tertiary/aromatic N) is 1. The van der Waals surface area contributed by atoms with Crippen molar-refractivity contribution in [3.8, 4) is 0 Å². The maximum atomic E-state index is 5.17. The van der Waals surface area contributed by atoms with Gasteiger partial charge in [-0.25, -0.2) is 0 Å². The molecule has 1 N–H and O–H groups in total. The monoisotopic (exact) mass is 224 g/mol. The fourth-order valence-corrected chi connectivity index (χ4v) is 2.66. The molecular formula is C13H24N2O. The third kappa shape index (κ3) is 3.06. The van der Waals surface area contributed by atoms with Gasteiger partial charge in [-0.05, 0) is 30.9 Å². The van der Waals surface area contributed by atoms with E-state index in [1.54, 1.807) is 7.11 Å². The minimum atomic E-state index is 0.706. The topological polar surface area (TPSA) is 24.5 Å². The van der Waals surface area contributed by atoms with Gasteiger partial charge in [-0.3, -0.25) is 4.90 Å². The largest absolute Gasteiger partial charge is 0.380 e. The molecule has 3 heteroatoms. The maximum Gasteiger partial charge on any atom is 0.0673 e. The molecule has 3 nitrogen and oxygen atoms in total. The minimum absolute atomic E-state index is 0.706. The van der Waals surface area contributed by atoms with Gasteiger partial charge in [-0.1, -0.05) is 13.0 Å². The Hall–Kier alpha value is -0.380. The maximum absolute atomic E-state index is 5.17. The zero-order chi connectivity index (χ0) is 11.4. The van der Waals surface area contributed by atoms with Crippen LogP contribution in [0.2, 0.25) is 0 Å². The molecule has 0 spiro atoms. The van der Waals surface area contributed by atoms with E-state index in [4.69, 9.17) is 4.74 Å². The van der Waals surface area contributed by atoms with Crippen molar-refractivity contribution in [2.24, 2.45) is 5.92 Å². The van der Waals surface area contributed by atoms with Crippen LogP contribution in [-0.2, 0) is 4.74 Å². The average molecular weight is 224 g/mol. The number of hydrogen-bond acceptors (Lipinski definition) is 3. The van der Waals surface area contributed by atoms with Crippen LogP contribution < -0.4 is 5.32 Å². The first kappa shape index (κ1) is 12.1. The van der Waals surface area contributed by atoms with Crippen LogP contribution in [0.15, 0.2) is 11.6 Å². The van der Waals surface area contributed by atoms with Crippen LogP contribution in [-0.4, -0.2) is 50.8 Å². The van der Waals surface area contributed by atoms with Crippen molar-refractivity contribution in [3.05, 3.63) is 11.6 Å². The summed E-state index contributed by atoms with van der Waals surface area (Å²) in [5.41, 5.74) is 1.46. The zero-order valence-corrected chi connectivity index (χ0v) is 10.5. The highest BCUT2D eigenvalue weighted by atomic mass is 16.5. The van der Waals surface area contributed by atoms with Crippen molar-refractivity contribution in [1.29, 1.82) is 0 Å². The van der Waals surface area contributed by atoms with E-state index in [1.165, 1.54) is 38.0 Å². The second-order valence-electron chi connectivity index (χ2n) is 5.13. The first-order chi connectivity index (χ1) is 7.79. The number of ether oxygens (including phenoxy) is 1. The summed E-state index contributed by atoms with van der Waals surface area (Å²) in [5.74, 6) is 0.837. The first-order valence-electron chi connectivity index (χ1n) is 6.42. The molecule has 0 aromatic rings. The van der Waals surface area contributed by atoms with E-state index in [9.17, 15) is 0 Å². The van der Waals surface area contributed by atoms with Gasteiger partial charge in [0.2, 0.25) is 0 Å². The van der Waals surface area contributed by atoms with Gasteiger partial charge < -0.3 is 10.1 Å². The van der Waals surface area contributed by atoms with Crippen molar-refractivity contribution in [3.63, 3.8) is 0 Å². The van der Waals surface area contributed by atoms with Crippen molar-refractivity contribution in [1.82, 2.24) is 10.2 Å². The lowest BCUT2D eigenvalue weighted by atomic mass is 10.0. The second-order valence-corrected chi connectivity index (χ2v) is 5.13. The van der Waals surface area contributed by atoms with Crippen LogP contribution in [0.3, 0.4) is 0 Å². The molecule has 1 saturated heterocycles. The lowest BCUT2D eigenvalue weighted by Crippen LogP contribution is -2.42. The Bertz CT molecular complexity index is 252. The molecule has 2 heterocycles. The van der Waals surface area contributed by atoms with Crippen molar-refractivity contribution >= 4 is 0 Å². The molecular weight excluding hydrogens is 200 g/mol. The van der Waals surface area contributed by atoms with E-state index < -0.39 is 0 Å². The smallest absolute Gasteiger partial charge is 0.0673 e. The third-order valence-corrected chi connectivity index (χ3v) is 3.87. The molecule has 0 aliphatic carbocycles. The van der Waals surface area contributed by atoms with Crippen LogP contribution in [0.5, 0.6) is 0 Å². The van der Waals surface area contributed by atoms with Crippen molar-refractivity contribution in [2.75, 3.05) is 39.9 Å². The molecule has 92 valence electrons. The Morgan fingerprint density at radius 3 is 3.00 bits per heavy atom. The molecule has 0 bridgehead atoms. The van der Waals surface area contributed by atoms with Gasteiger partial charge in [0, 0.05) is 32.8 Å². The normalized spacial score (nSPS) is 31.8. The van der Waals surface area contributed by atoms with Gasteiger partial charge in [-0.2, -0.15) is 0 Å². The van der Waals surface area contributed by atoms with E-state index in [0.717, 1.165) is 19.1 Å². The Morgan fingerprint density at radius 1 is 1.56 bits per heavy atom. The Kier molecular flexibility index (Phi) is 4.38. The van der Waals surface area contributed by atoms with Crippen LogP contribution >= 0.6 is 0 Å². The second kappa shape index (κ2) is 5.80. The average Bonchev–Trinajstić information content (AvgIpc) is 2.68. The summed E-state index contributed by atoms with van der Waals surface area (Å²) in [6.45, 7) is 7.87. The first-order valence-corrected chi connectivity index (χ1v) is 6.42. The lowest BCUT2D eigenvalue weighted by Gasteiger charge is -2.30. The van der Waals surface area contributed by atoms with Crippen molar-refractivity contribution < 1.29 is 4.74 Å². The molecule has 2 unspecified atom stereocenters. The summed E-state index contributed by atoms with van der Waals surface area (Å²) in [6, 6.07) is 0.706. The standard InChI is InChI=1S/C13H24N2O/c1-11-3-6-14-13(11)9-15-7-4-12(5-8-15)10-16-2/h4,11,13-14H,3,5-10H2,1-2H3. The highest BCUT2D eigenvalue weighted by molar-refractivity contribution is 5.08. The lowest BCUT2D eigenvalue weighted by molar-refractivity contribution is 0.205. The molecule has 2 aliphatic heterocycles. The van der Waals surface area contributed by atoms with Crippen molar-refractivity contribution in [2.45, 2.75) is 25.8 Å². The van der Waals surface area contributed by atoms with Gasteiger partial charge in [0.1, 0.15) is 0 Å². The predicted octanol–water partition coefficient (Wildman–Crippen LogP) is 1.26. The van der Waals surface area contributed by atoms with Gasteiger partial charge in [0.25, 0.3) is 0 Å². The summed E-state index contributed by atoms with van der Waals surface area (Å²) in [7, 11) is 1.78. The number of methoxy groups -OCH3 is 1. The molecule has 0 radical (unpaired) electrons. The minimum Gasteiger partial charge on any atom is -0.380 e. The molecule has 0 aromatic heterocycles. The SMILES string of the molecule is COCC1=CCN(CC2NCCC2C)CC1. The molecule has 0 aromatic carbocycles. The Balaban J connectivity index is 1.76. The Morgan fingerprint density at radius 2 is 2.44 bits per heavy atom. The molecule has 16 heavy (non-hydrogen) atoms. The summed E-state index contributed by atoms with van der Waals surface area (Å²) >= 11 is 0. The van der Waals surface area contributed by atoms with E-state index >= 15 is 0 Å². The Labute approximate surface area is 98.8 Å². The van der Waals surface area contributed by atoms with Crippen LogP contribution in [0.4, 0.5) is 0 Å². The van der Waals surface area contributed by atoms with Crippen LogP contribution in [0.1, 0.15) is 19.8 Å². The van der Waals surface area contributed by atoms with Gasteiger partial charge in [0.05, 0.1) is 6.61 Å². The zero-order valence-electron chi connectivity index (χ0n) is 10.5. The van der Waals surface area contributed by atoms with Gasteiger partial charge in [-0.15, -0.1) is 0 Å². The third-order valence-electron chi connectivity index (χ3n) is 3.87. The highest BCUT2D eigenvalue weighted by Crippen LogP contribution is 2.17. The number of rotatable bonds is 4. The quantitative estimate of drug-likeness (QED) is 0.728. The van der Waals surface area contributed by atoms with Crippen LogP contribution in [0, 0.1) is 5.92 Å². The molecule has 0 amide bonds. The van der Waals surface area contributed by atoms with E-state index in [-0.39, 0.29) is 0 Å². The summed E-state index contributed by atoms with van der Waals surface area (Å²) in [4.78, 5) is 2.55. The fourth-order valence-electron chi connectivity index (χ4n) is 2.66. The number of hydrogen-bond donors (Lipinski definition) is 1. The van der Waals surface area contributed by atoms with E-state index in [1.807, 2.05) is 0 Å². The van der Waals surface area contributed by atoms with E-state index in [2.05, 4.69) is 23.2 Å². The predicted molar refractivity (Wildman–Crippen MR) is 66.6 cm³/mol. The summed E-state index contributed by atoms with van der Waals surface area (Å²) in [5, 5.41) is 3.60.